The number of hydrogen-bond acceptors (Lipinski definition) is 2. The molecule has 0 radical (unpaired) electrons. The molecule has 2 rings (SSSR count). The fourth-order valence-electron chi connectivity index (χ4n) is 1.65. The Bertz CT molecular complexity index is 582. The van der Waals surface area contributed by atoms with Crippen LogP contribution < -0.4 is 0 Å². The quantitative estimate of drug-likeness (QED) is 0.765. The number of hydrogen-bond donors (Lipinski definition) is 0. The van der Waals surface area contributed by atoms with Gasteiger partial charge in [0.15, 0.2) is 0 Å². The Hall–Kier alpha value is -1.29. The third-order valence-corrected chi connectivity index (χ3v) is 3.09. The molecule has 0 bridgehead atoms. The first-order valence-electron chi connectivity index (χ1n) is 5.78. The van der Waals surface area contributed by atoms with Crippen molar-refractivity contribution in [1.29, 1.82) is 0 Å². The molecule has 0 amide bonds. The van der Waals surface area contributed by atoms with E-state index in [4.69, 9.17) is 0 Å². The monoisotopic (exact) mass is 308 g/mol. The summed E-state index contributed by atoms with van der Waals surface area (Å²) in [5.74, 6) is 0.833. The van der Waals surface area contributed by atoms with Gasteiger partial charge in [0.1, 0.15) is 16.2 Å². The van der Waals surface area contributed by atoms with E-state index in [1.54, 1.807) is 19.1 Å². The fraction of sp³-hybridized carbons (Fsp3) is 0.286. The summed E-state index contributed by atoms with van der Waals surface area (Å²) in [4.78, 5) is 8.84. The van der Waals surface area contributed by atoms with Gasteiger partial charge in [-0.15, -0.1) is 0 Å². The van der Waals surface area contributed by atoms with Crippen LogP contribution in [0.15, 0.2) is 28.9 Å². The van der Waals surface area contributed by atoms with Crippen LogP contribution in [-0.2, 0) is 0 Å². The molecule has 0 atom stereocenters. The molecule has 0 spiro atoms. The van der Waals surface area contributed by atoms with Gasteiger partial charge in [0.2, 0.25) is 0 Å². The van der Waals surface area contributed by atoms with Crippen LogP contribution in [-0.4, -0.2) is 9.97 Å². The first-order valence-corrected chi connectivity index (χ1v) is 6.57. The molecule has 4 heteroatoms. The molecule has 1 aromatic carbocycles. The summed E-state index contributed by atoms with van der Waals surface area (Å²) < 4.78 is 14.0. The molecule has 0 fully saturated rings. The van der Waals surface area contributed by atoms with Gasteiger partial charge in [0.05, 0.1) is 5.69 Å². The van der Waals surface area contributed by atoms with Gasteiger partial charge in [0.25, 0.3) is 0 Å². The Morgan fingerprint density at radius 1 is 1.17 bits per heavy atom. The van der Waals surface area contributed by atoms with Crippen molar-refractivity contribution in [2.75, 3.05) is 0 Å². The number of aromatic nitrogens is 2. The maximum atomic E-state index is 13.3. The van der Waals surface area contributed by atoms with Crippen molar-refractivity contribution in [2.24, 2.45) is 0 Å². The van der Waals surface area contributed by atoms with E-state index in [2.05, 4.69) is 25.9 Å². The molecule has 0 aliphatic heterocycles. The molecule has 18 heavy (non-hydrogen) atoms. The van der Waals surface area contributed by atoms with E-state index in [0.29, 0.717) is 5.56 Å². The zero-order valence-corrected chi connectivity index (χ0v) is 12.1. The molecule has 94 valence electrons. The summed E-state index contributed by atoms with van der Waals surface area (Å²) in [6.45, 7) is 5.83. The van der Waals surface area contributed by atoms with Crippen molar-refractivity contribution in [3.8, 4) is 11.3 Å². The molecule has 0 saturated heterocycles. The van der Waals surface area contributed by atoms with Gasteiger partial charge in [-0.05, 0) is 52.7 Å². The highest BCUT2D eigenvalue weighted by Crippen LogP contribution is 2.24. The van der Waals surface area contributed by atoms with Crippen LogP contribution in [0.2, 0.25) is 0 Å². The lowest BCUT2D eigenvalue weighted by Gasteiger charge is -2.08. The van der Waals surface area contributed by atoms with E-state index in [-0.39, 0.29) is 11.7 Å². The minimum absolute atomic E-state index is 0.198. The van der Waals surface area contributed by atoms with Crippen LogP contribution >= 0.6 is 15.9 Å². The van der Waals surface area contributed by atoms with Gasteiger partial charge in [0, 0.05) is 11.5 Å². The number of halogens is 2. The van der Waals surface area contributed by atoms with Gasteiger partial charge < -0.3 is 0 Å². The lowest BCUT2D eigenvalue weighted by Crippen LogP contribution is -1.99. The SMILES string of the molecule is Cc1cc(-c2cc(Br)nc(C(C)C)n2)ccc1F. The highest BCUT2D eigenvalue weighted by Gasteiger charge is 2.09. The lowest BCUT2D eigenvalue weighted by molar-refractivity contribution is 0.618. The molecule has 0 N–H and O–H groups in total. The number of nitrogens with zero attached hydrogens (tertiary/aromatic N) is 2. The highest BCUT2D eigenvalue weighted by atomic mass is 79.9. The van der Waals surface area contributed by atoms with Crippen molar-refractivity contribution in [2.45, 2.75) is 26.7 Å². The summed E-state index contributed by atoms with van der Waals surface area (Å²) in [5.41, 5.74) is 2.33. The first kappa shape index (κ1) is 13.1. The van der Waals surface area contributed by atoms with Gasteiger partial charge in [-0.25, -0.2) is 14.4 Å². The van der Waals surface area contributed by atoms with Crippen LogP contribution in [0.5, 0.6) is 0 Å². The second kappa shape index (κ2) is 5.14. The normalized spacial score (nSPS) is 11.0. The van der Waals surface area contributed by atoms with Crippen molar-refractivity contribution in [3.05, 3.63) is 46.1 Å². The maximum Gasteiger partial charge on any atom is 0.132 e. The third kappa shape index (κ3) is 2.75. The smallest absolute Gasteiger partial charge is 0.132 e. The minimum Gasteiger partial charge on any atom is -0.233 e. The van der Waals surface area contributed by atoms with Gasteiger partial charge in [-0.3, -0.25) is 0 Å². The van der Waals surface area contributed by atoms with Gasteiger partial charge in [-0.1, -0.05) is 13.8 Å². The number of benzene rings is 1. The maximum absolute atomic E-state index is 13.3. The second-order valence-corrected chi connectivity index (χ2v) is 5.37. The molecule has 0 unspecified atom stereocenters. The molecule has 2 nitrogen and oxygen atoms in total. The molecule has 0 aliphatic carbocycles. The average Bonchev–Trinajstić information content (AvgIpc) is 2.31. The van der Waals surface area contributed by atoms with E-state index >= 15 is 0 Å². The van der Waals surface area contributed by atoms with Crippen LogP contribution in [0, 0.1) is 12.7 Å². The molecule has 0 aliphatic rings. The van der Waals surface area contributed by atoms with Crippen molar-refractivity contribution >= 4 is 15.9 Å². The Morgan fingerprint density at radius 3 is 2.50 bits per heavy atom. The van der Waals surface area contributed by atoms with Crippen LogP contribution in [0.4, 0.5) is 4.39 Å². The van der Waals surface area contributed by atoms with Gasteiger partial charge in [-0.2, -0.15) is 0 Å². The molecular weight excluding hydrogens is 295 g/mol. The van der Waals surface area contributed by atoms with E-state index < -0.39 is 0 Å². The summed E-state index contributed by atoms with van der Waals surface area (Å²) in [6, 6.07) is 6.85. The summed E-state index contributed by atoms with van der Waals surface area (Å²) in [5, 5.41) is 0. The number of aryl methyl sites for hydroxylation is 1. The standard InChI is InChI=1S/C14H14BrFN2/c1-8(2)14-17-12(7-13(15)18-14)10-4-5-11(16)9(3)6-10/h4-8H,1-3H3. The van der Waals surface area contributed by atoms with Crippen molar-refractivity contribution in [1.82, 2.24) is 9.97 Å². The summed E-state index contributed by atoms with van der Waals surface area (Å²) in [7, 11) is 0. The zero-order valence-electron chi connectivity index (χ0n) is 10.5. The Kier molecular flexibility index (Phi) is 3.76. The Balaban J connectivity index is 2.53. The second-order valence-electron chi connectivity index (χ2n) is 4.55. The Labute approximate surface area is 114 Å². The molecule has 1 aromatic heterocycles. The number of rotatable bonds is 2. The van der Waals surface area contributed by atoms with Gasteiger partial charge >= 0.3 is 0 Å². The predicted octanol–water partition coefficient (Wildman–Crippen LogP) is 4.48. The minimum atomic E-state index is -0.198. The van der Waals surface area contributed by atoms with Crippen LogP contribution in [0.3, 0.4) is 0 Å². The molecule has 1 heterocycles. The third-order valence-electron chi connectivity index (χ3n) is 2.68. The largest absolute Gasteiger partial charge is 0.233 e. The van der Waals surface area contributed by atoms with E-state index in [0.717, 1.165) is 21.7 Å². The topological polar surface area (TPSA) is 25.8 Å². The fourth-order valence-corrected chi connectivity index (χ4v) is 2.04. The summed E-state index contributed by atoms with van der Waals surface area (Å²) >= 11 is 3.39. The van der Waals surface area contributed by atoms with Crippen molar-refractivity contribution in [3.63, 3.8) is 0 Å². The van der Waals surface area contributed by atoms with E-state index in [1.807, 2.05) is 19.9 Å². The first-order chi connectivity index (χ1) is 8.47. The Morgan fingerprint density at radius 2 is 1.89 bits per heavy atom. The average molecular weight is 309 g/mol. The summed E-state index contributed by atoms with van der Waals surface area (Å²) in [6.07, 6.45) is 0. The van der Waals surface area contributed by atoms with Crippen molar-refractivity contribution < 1.29 is 4.39 Å². The molecule has 2 aromatic rings. The van der Waals surface area contributed by atoms with E-state index in [1.165, 1.54) is 6.07 Å². The van der Waals surface area contributed by atoms with Crippen LogP contribution in [0.1, 0.15) is 31.2 Å². The molecular formula is C14H14BrFN2. The van der Waals surface area contributed by atoms with E-state index in [9.17, 15) is 4.39 Å². The van der Waals surface area contributed by atoms with Crippen LogP contribution in [0.25, 0.3) is 11.3 Å². The predicted molar refractivity (Wildman–Crippen MR) is 74.0 cm³/mol. The highest BCUT2D eigenvalue weighted by molar-refractivity contribution is 9.10. The molecule has 0 saturated carbocycles. The zero-order chi connectivity index (χ0) is 13.3. The lowest BCUT2D eigenvalue weighted by atomic mass is 10.1.